The fourth-order valence-electron chi connectivity index (χ4n) is 4.53. The summed E-state index contributed by atoms with van der Waals surface area (Å²) in [6.45, 7) is 0. The zero-order valence-corrected chi connectivity index (χ0v) is 19.3. The molecule has 6 nitrogen and oxygen atoms in total. The molecule has 2 amide bonds. The molecule has 1 saturated carbocycles. The van der Waals surface area contributed by atoms with E-state index in [1.54, 1.807) is 18.3 Å². The van der Waals surface area contributed by atoms with Gasteiger partial charge >= 0.3 is 0 Å². The molecule has 1 aliphatic rings. The van der Waals surface area contributed by atoms with Gasteiger partial charge in [-0.1, -0.05) is 42.6 Å². The molecule has 4 aromatic rings. The number of amides is 2. The van der Waals surface area contributed by atoms with Crippen molar-refractivity contribution < 1.29 is 9.59 Å². The lowest BCUT2D eigenvalue weighted by Gasteiger charge is -2.32. The van der Waals surface area contributed by atoms with Crippen LogP contribution < -0.4 is 10.6 Å². The first kappa shape index (κ1) is 22.2. The van der Waals surface area contributed by atoms with E-state index in [2.05, 4.69) is 20.6 Å². The van der Waals surface area contributed by atoms with Gasteiger partial charge in [0.05, 0.1) is 5.69 Å². The van der Waals surface area contributed by atoms with Crippen molar-refractivity contribution in [1.29, 1.82) is 0 Å². The van der Waals surface area contributed by atoms with Gasteiger partial charge in [0, 0.05) is 45.3 Å². The van der Waals surface area contributed by atoms with E-state index in [4.69, 9.17) is 11.6 Å². The highest BCUT2D eigenvalue weighted by molar-refractivity contribution is 6.31. The fraction of sp³-hybridized carbons (Fsp3) is 0.222. The van der Waals surface area contributed by atoms with Crippen LogP contribution in [0.5, 0.6) is 0 Å². The summed E-state index contributed by atoms with van der Waals surface area (Å²) < 4.78 is 0. The van der Waals surface area contributed by atoms with E-state index in [1.807, 2.05) is 54.6 Å². The predicted molar refractivity (Wildman–Crippen MR) is 134 cm³/mol. The minimum atomic E-state index is -0.182. The van der Waals surface area contributed by atoms with Crippen LogP contribution in [-0.4, -0.2) is 33.9 Å². The first-order valence-corrected chi connectivity index (χ1v) is 11.9. The Morgan fingerprint density at radius 3 is 2.32 bits per heavy atom. The number of H-pyrrole nitrogens is 1. The van der Waals surface area contributed by atoms with Crippen molar-refractivity contribution in [2.24, 2.45) is 0 Å². The highest BCUT2D eigenvalue weighted by Crippen LogP contribution is 2.23. The Bertz CT molecular complexity index is 1320. The van der Waals surface area contributed by atoms with Crippen LogP contribution in [0.1, 0.15) is 46.5 Å². The van der Waals surface area contributed by atoms with Gasteiger partial charge in [-0.3, -0.25) is 14.6 Å². The van der Waals surface area contributed by atoms with Gasteiger partial charge in [-0.15, -0.1) is 0 Å². The van der Waals surface area contributed by atoms with Crippen LogP contribution in [0, 0.1) is 0 Å². The number of hydrogen-bond donors (Lipinski definition) is 3. The summed E-state index contributed by atoms with van der Waals surface area (Å²) in [5.41, 5.74) is 3.75. The number of halogens is 1. The van der Waals surface area contributed by atoms with Crippen LogP contribution in [0.3, 0.4) is 0 Å². The summed E-state index contributed by atoms with van der Waals surface area (Å²) in [5.74, 6) is -0.322. The molecule has 0 saturated heterocycles. The third kappa shape index (κ3) is 4.82. The van der Waals surface area contributed by atoms with E-state index < -0.39 is 0 Å². The van der Waals surface area contributed by atoms with Gasteiger partial charge in [0.25, 0.3) is 11.8 Å². The second-order valence-corrected chi connectivity index (χ2v) is 9.09. The van der Waals surface area contributed by atoms with Crippen molar-refractivity contribution in [1.82, 2.24) is 20.6 Å². The third-order valence-corrected chi connectivity index (χ3v) is 6.57. The largest absolute Gasteiger partial charge is 0.351 e. The quantitative estimate of drug-likeness (QED) is 0.365. The van der Waals surface area contributed by atoms with E-state index in [9.17, 15) is 9.59 Å². The maximum atomic E-state index is 13.0. The molecular formula is C27H25ClN4O2. The minimum Gasteiger partial charge on any atom is -0.351 e. The Labute approximate surface area is 202 Å². The topological polar surface area (TPSA) is 86.9 Å². The van der Waals surface area contributed by atoms with Crippen molar-refractivity contribution >= 4 is 34.3 Å². The summed E-state index contributed by atoms with van der Waals surface area (Å²) in [6, 6.07) is 20.2. The lowest BCUT2D eigenvalue weighted by atomic mass is 9.90. The number of nitrogens with zero attached hydrogens (tertiary/aromatic N) is 1. The molecule has 2 unspecified atom stereocenters. The molecule has 0 aliphatic heterocycles. The molecule has 172 valence electrons. The first-order chi connectivity index (χ1) is 16.6. The monoisotopic (exact) mass is 472 g/mol. The van der Waals surface area contributed by atoms with Crippen molar-refractivity contribution in [3.8, 4) is 11.3 Å². The van der Waals surface area contributed by atoms with E-state index in [0.29, 0.717) is 16.3 Å². The molecule has 0 radical (unpaired) electrons. The summed E-state index contributed by atoms with van der Waals surface area (Å²) >= 11 is 6.06. The molecule has 0 bridgehead atoms. The zero-order chi connectivity index (χ0) is 23.5. The van der Waals surface area contributed by atoms with Gasteiger partial charge in [0.1, 0.15) is 5.69 Å². The van der Waals surface area contributed by atoms with Crippen LogP contribution >= 0.6 is 11.6 Å². The maximum Gasteiger partial charge on any atom is 0.268 e. The number of benzene rings is 2. The van der Waals surface area contributed by atoms with Crippen LogP contribution in [0.25, 0.3) is 22.2 Å². The van der Waals surface area contributed by atoms with Gasteiger partial charge in [0.2, 0.25) is 0 Å². The van der Waals surface area contributed by atoms with Gasteiger partial charge in [-0.05, 0) is 61.4 Å². The third-order valence-electron chi connectivity index (χ3n) is 6.33. The lowest BCUT2D eigenvalue weighted by molar-refractivity contribution is 0.0860. The van der Waals surface area contributed by atoms with Crippen molar-refractivity contribution in [2.75, 3.05) is 0 Å². The van der Waals surface area contributed by atoms with Gasteiger partial charge in [-0.2, -0.15) is 0 Å². The van der Waals surface area contributed by atoms with Crippen molar-refractivity contribution in [3.63, 3.8) is 0 Å². The molecule has 1 aliphatic carbocycles. The Kier molecular flexibility index (Phi) is 6.32. The van der Waals surface area contributed by atoms with E-state index in [0.717, 1.165) is 47.8 Å². The molecule has 0 spiro atoms. The molecule has 34 heavy (non-hydrogen) atoms. The smallest absolute Gasteiger partial charge is 0.268 e. The highest BCUT2D eigenvalue weighted by atomic mass is 35.5. The summed E-state index contributed by atoms with van der Waals surface area (Å²) in [5, 5.41) is 7.78. The van der Waals surface area contributed by atoms with E-state index >= 15 is 0 Å². The number of aromatic amines is 1. The molecular weight excluding hydrogens is 448 g/mol. The molecule has 7 heteroatoms. The van der Waals surface area contributed by atoms with Crippen LogP contribution in [-0.2, 0) is 0 Å². The standard InChI is InChI=1S/C27H25ClN4O2/c28-20-12-13-22-19(15-20)16-25(30-22)27(34)32-24-7-2-1-6-23(24)31-26(33)18-10-8-17(9-11-18)21-5-3-4-14-29-21/h3-5,8-16,23-24,30H,1-2,6-7H2,(H,31,33)(H,32,34). The SMILES string of the molecule is O=C(NC1CCCCC1NC(=O)c1cc2cc(Cl)ccc2[nH]1)c1ccc(-c2ccccn2)cc1. The normalized spacial score (nSPS) is 17.9. The number of nitrogens with one attached hydrogen (secondary N) is 3. The van der Waals surface area contributed by atoms with E-state index in [-0.39, 0.29) is 23.9 Å². The number of fused-ring (bicyclic) bond motifs is 1. The molecule has 5 rings (SSSR count). The highest BCUT2D eigenvalue weighted by Gasteiger charge is 2.28. The number of carbonyl (C=O) groups excluding carboxylic acids is 2. The molecule has 1 fully saturated rings. The van der Waals surface area contributed by atoms with Crippen LogP contribution in [0.15, 0.2) is 72.9 Å². The van der Waals surface area contributed by atoms with Gasteiger partial charge in [-0.25, -0.2) is 0 Å². The number of aromatic nitrogens is 2. The summed E-state index contributed by atoms with van der Waals surface area (Å²) in [7, 11) is 0. The minimum absolute atomic E-state index is 0.125. The average Bonchev–Trinajstić information content (AvgIpc) is 3.29. The number of rotatable bonds is 5. The Morgan fingerprint density at radius 2 is 1.62 bits per heavy atom. The zero-order valence-electron chi connectivity index (χ0n) is 18.6. The Balaban J connectivity index is 1.26. The summed E-state index contributed by atoms with van der Waals surface area (Å²) in [4.78, 5) is 33.4. The van der Waals surface area contributed by atoms with Gasteiger partial charge < -0.3 is 15.6 Å². The molecule has 2 atom stereocenters. The first-order valence-electron chi connectivity index (χ1n) is 11.5. The van der Waals surface area contributed by atoms with Crippen molar-refractivity contribution in [2.45, 2.75) is 37.8 Å². The molecule has 2 aromatic heterocycles. The second-order valence-electron chi connectivity index (χ2n) is 8.65. The number of carbonyl (C=O) groups is 2. The molecule has 3 N–H and O–H groups in total. The van der Waals surface area contributed by atoms with Crippen LogP contribution in [0.2, 0.25) is 5.02 Å². The average molecular weight is 473 g/mol. The van der Waals surface area contributed by atoms with Crippen LogP contribution in [0.4, 0.5) is 0 Å². The molecule has 2 heterocycles. The molecule has 2 aromatic carbocycles. The van der Waals surface area contributed by atoms with Gasteiger partial charge in [0.15, 0.2) is 0 Å². The summed E-state index contributed by atoms with van der Waals surface area (Å²) in [6.07, 6.45) is 5.42. The predicted octanol–water partition coefficient (Wildman–Crippen LogP) is 5.35. The van der Waals surface area contributed by atoms with Crippen molar-refractivity contribution in [3.05, 3.63) is 89.2 Å². The fourth-order valence-corrected chi connectivity index (χ4v) is 4.71. The number of pyridine rings is 1. The Morgan fingerprint density at radius 1 is 0.882 bits per heavy atom. The second kappa shape index (κ2) is 9.69. The van der Waals surface area contributed by atoms with E-state index in [1.165, 1.54) is 0 Å². The Hall–Kier alpha value is -3.64. The number of hydrogen-bond acceptors (Lipinski definition) is 3. The maximum absolute atomic E-state index is 13.0. The lowest BCUT2D eigenvalue weighted by Crippen LogP contribution is -2.53.